The van der Waals surface area contributed by atoms with Crippen molar-refractivity contribution in [3.63, 3.8) is 0 Å². The second kappa shape index (κ2) is 5.50. The second-order valence-corrected chi connectivity index (χ2v) is 5.46. The monoisotopic (exact) mass is 248 g/mol. The normalized spacial score (nSPS) is 14.8. The zero-order chi connectivity index (χ0) is 12.3. The van der Waals surface area contributed by atoms with Crippen molar-refractivity contribution in [2.45, 2.75) is 32.7 Å². The van der Waals surface area contributed by atoms with Crippen LogP contribution in [0.3, 0.4) is 0 Å². The summed E-state index contributed by atoms with van der Waals surface area (Å²) in [5, 5.41) is 4.19. The fourth-order valence-electron chi connectivity index (χ4n) is 1.89. The van der Waals surface area contributed by atoms with Gasteiger partial charge >= 0.3 is 0 Å². The van der Waals surface area contributed by atoms with Crippen LogP contribution in [0.5, 0.6) is 0 Å². The first kappa shape index (κ1) is 12.4. The summed E-state index contributed by atoms with van der Waals surface area (Å²) in [7, 11) is 0. The van der Waals surface area contributed by atoms with Crippen LogP contribution in [0.1, 0.15) is 26.7 Å². The van der Waals surface area contributed by atoms with Crippen LogP contribution >= 0.6 is 12.2 Å². The van der Waals surface area contributed by atoms with Crippen LogP contribution in [0.25, 0.3) is 0 Å². The molecule has 0 aromatic heterocycles. The van der Waals surface area contributed by atoms with Crippen LogP contribution in [0.2, 0.25) is 0 Å². The highest BCUT2D eigenvalue weighted by Gasteiger charge is 2.30. The molecule has 0 heterocycles. The molecule has 0 amide bonds. The Labute approximate surface area is 109 Å². The first-order valence-corrected chi connectivity index (χ1v) is 6.70. The van der Waals surface area contributed by atoms with Crippen LogP contribution in [-0.4, -0.2) is 22.6 Å². The molecule has 1 aromatic carbocycles. The minimum atomic E-state index is 0.645. The van der Waals surface area contributed by atoms with Crippen molar-refractivity contribution in [2.75, 3.05) is 11.9 Å². The molecule has 0 spiro atoms. The molecule has 3 heteroatoms. The average Bonchev–Trinajstić information content (AvgIpc) is 3.10. The smallest absolute Gasteiger partial charge is 0.173 e. The van der Waals surface area contributed by atoms with E-state index in [4.69, 9.17) is 12.2 Å². The van der Waals surface area contributed by atoms with E-state index < -0.39 is 0 Å². The SMILES string of the molecule is CC(C)CN(C(=S)Nc1ccccc1)C1CC1. The summed E-state index contributed by atoms with van der Waals surface area (Å²) in [6, 6.07) is 10.8. The van der Waals surface area contributed by atoms with Gasteiger partial charge < -0.3 is 10.2 Å². The molecule has 1 aromatic rings. The Kier molecular flexibility index (Phi) is 4.00. The van der Waals surface area contributed by atoms with Crippen molar-refractivity contribution in [3.05, 3.63) is 30.3 Å². The highest BCUT2D eigenvalue weighted by molar-refractivity contribution is 7.80. The van der Waals surface area contributed by atoms with Crippen molar-refractivity contribution in [2.24, 2.45) is 5.92 Å². The molecule has 1 fully saturated rings. The number of anilines is 1. The van der Waals surface area contributed by atoms with Crippen LogP contribution in [0.15, 0.2) is 30.3 Å². The zero-order valence-corrected chi connectivity index (χ0v) is 11.3. The van der Waals surface area contributed by atoms with Gasteiger partial charge in [0.25, 0.3) is 0 Å². The molecule has 1 aliphatic carbocycles. The van der Waals surface area contributed by atoms with Crippen LogP contribution in [0, 0.1) is 5.92 Å². The summed E-state index contributed by atoms with van der Waals surface area (Å²) < 4.78 is 0. The Bertz CT molecular complexity index is 371. The Hall–Kier alpha value is -1.09. The van der Waals surface area contributed by atoms with Gasteiger partial charge in [0.15, 0.2) is 5.11 Å². The molecular weight excluding hydrogens is 228 g/mol. The number of nitrogens with zero attached hydrogens (tertiary/aromatic N) is 1. The Morgan fingerprint density at radius 3 is 2.53 bits per heavy atom. The quantitative estimate of drug-likeness (QED) is 0.821. The number of hydrogen-bond acceptors (Lipinski definition) is 1. The predicted molar refractivity (Wildman–Crippen MR) is 77.2 cm³/mol. The zero-order valence-electron chi connectivity index (χ0n) is 10.5. The first-order valence-electron chi connectivity index (χ1n) is 6.29. The van der Waals surface area contributed by atoms with Gasteiger partial charge in [-0.25, -0.2) is 0 Å². The minimum absolute atomic E-state index is 0.645. The van der Waals surface area contributed by atoms with Crippen LogP contribution in [-0.2, 0) is 0 Å². The molecule has 1 aliphatic rings. The Balaban J connectivity index is 1.97. The fraction of sp³-hybridized carbons (Fsp3) is 0.500. The summed E-state index contributed by atoms with van der Waals surface area (Å²) in [6.45, 7) is 5.52. The molecule has 17 heavy (non-hydrogen) atoms. The molecular formula is C14H20N2S. The molecule has 0 radical (unpaired) electrons. The van der Waals surface area contributed by atoms with E-state index in [1.165, 1.54) is 12.8 Å². The van der Waals surface area contributed by atoms with E-state index in [0.29, 0.717) is 12.0 Å². The summed E-state index contributed by atoms with van der Waals surface area (Å²) in [5.41, 5.74) is 1.08. The van der Waals surface area contributed by atoms with Crippen molar-refractivity contribution < 1.29 is 0 Å². The topological polar surface area (TPSA) is 15.3 Å². The van der Waals surface area contributed by atoms with Gasteiger partial charge in [-0.3, -0.25) is 0 Å². The van der Waals surface area contributed by atoms with E-state index in [2.05, 4.69) is 24.1 Å². The molecule has 0 bridgehead atoms. The van der Waals surface area contributed by atoms with Gasteiger partial charge in [-0.1, -0.05) is 32.0 Å². The maximum Gasteiger partial charge on any atom is 0.173 e. The van der Waals surface area contributed by atoms with Crippen LogP contribution in [0.4, 0.5) is 5.69 Å². The first-order chi connectivity index (χ1) is 8.16. The predicted octanol–water partition coefficient (Wildman–Crippen LogP) is 3.50. The van der Waals surface area contributed by atoms with Gasteiger partial charge in [0.1, 0.15) is 0 Å². The van der Waals surface area contributed by atoms with Gasteiger partial charge in [0.2, 0.25) is 0 Å². The van der Waals surface area contributed by atoms with E-state index in [0.717, 1.165) is 17.3 Å². The van der Waals surface area contributed by atoms with Crippen LogP contribution < -0.4 is 5.32 Å². The van der Waals surface area contributed by atoms with Crippen molar-refractivity contribution in [1.29, 1.82) is 0 Å². The number of rotatable bonds is 4. The van der Waals surface area contributed by atoms with E-state index in [1.807, 2.05) is 30.3 Å². The van der Waals surface area contributed by atoms with Gasteiger partial charge in [-0.15, -0.1) is 0 Å². The third-order valence-electron chi connectivity index (χ3n) is 2.84. The highest BCUT2D eigenvalue weighted by atomic mass is 32.1. The average molecular weight is 248 g/mol. The van der Waals surface area contributed by atoms with Crippen molar-refractivity contribution in [1.82, 2.24) is 4.90 Å². The maximum absolute atomic E-state index is 5.51. The van der Waals surface area contributed by atoms with E-state index in [1.54, 1.807) is 0 Å². The number of para-hydroxylation sites is 1. The molecule has 1 saturated carbocycles. The summed E-state index contributed by atoms with van der Waals surface area (Å²) in [5.74, 6) is 0.645. The third-order valence-corrected chi connectivity index (χ3v) is 3.17. The second-order valence-electron chi connectivity index (χ2n) is 5.07. The lowest BCUT2D eigenvalue weighted by Gasteiger charge is -2.27. The molecule has 0 atom stereocenters. The van der Waals surface area contributed by atoms with Gasteiger partial charge in [-0.2, -0.15) is 0 Å². The van der Waals surface area contributed by atoms with Gasteiger partial charge in [-0.05, 0) is 43.1 Å². The number of thiocarbonyl (C=S) groups is 1. The molecule has 92 valence electrons. The largest absolute Gasteiger partial charge is 0.346 e. The Morgan fingerprint density at radius 1 is 1.35 bits per heavy atom. The number of hydrogen-bond donors (Lipinski definition) is 1. The van der Waals surface area contributed by atoms with E-state index in [-0.39, 0.29) is 0 Å². The molecule has 0 aliphatic heterocycles. The number of benzene rings is 1. The lowest BCUT2D eigenvalue weighted by atomic mass is 10.2. The van der Waals surface area contributed by atoms with Gasteiger partial charge in [0.05, 0.1) is 0 Å². The summed E-state index contributed by atoms with van der Waals surface area (Å²) in [6.07, 6.45) is 2.56. The lowest BCUT2D eigenvalue weighted by Crippen LogP contribution is -2.39. The lowest BCUT2D eigenvalue weighted by molar-refractivity contribution is 0.362. The highest BCUT2D eigenvalue weighted by Crippen LogP contribution is 2.28. The molecule has 0 saturated heterocycles. The minimum Gasteiger partial charge on any atom is -0.346 e. The number of nitrogens with one attached hydrogen (secondary N) is 1. The maximum atomic E-state index is 5.51. The molecule has 2 nitrogen and oxygen atoms in total. The summed E-state index contributed by atoms with van der Waals surface area (Å²) >= 11 is 5.51. The fourth-order valence-corrected chi connectivity index (χ4v) is 2.24. The van der Waals surface area contributed by atoms with E-state index in [9.17, 15) is 0 Å². The molecule has 0 unspecified atom stereocenters. The molecule has 1 N–H and O–H groups in total. The van der Waals surface area contributed by atoms with Gasteiger partial charge in [0, 0.05) is 18.3 Å². The van der Waals surface area contributed by atoms with Crippen molar-refractivity contribution >= 4 is 23.0 Å². The molecule has 2 rings (SSSR count). The van der Waals surface area contributed by atoms with Crippen molar-refractivity contribution in [3.8, 4) is 0 Å². The third kappa shape index (κ3) is 3.70. The Morgan fingerprint density at radius 2 is 2.00 bits per heavy atom. The standard InChI is InChI=1S/C14H20N2S/c1-11(2)10-16(13-8-9-13)14(17)15-12-6-4-3-5-7-12/h3-7,11,13H,8-10H2,1-2H3,(H,15,17). The summed E-state index contributed by atoms with van der Waals surface area (Å²) in [4.78, 5) is 2.34. The van der Waals surface area contributed by atoms with E-state index >= 15 is 0 Å².